The van der Waals surface area contributed by atoms with Crippen LogP contribution in [-0.2, 0) is 9.59 Å². The molecule has 4 heteroatoms. The van der Waals surface area contributed by atoms with Crippen molar-refractivity contribution in [1.82, 2.24) is 0 Å². The molecule has 0 bridgehead atoms. The Bertz CT molecular complexity index is 164. The van der Waals surface area contributed by atoms with Crippen LogP contribution in [0, 0.1) is 11.8 Å². The fourth-order valence-electron chi connectivity index (χ4n) is 0.986. The molecule has 4 nitrogen and oxygen atoms in total. The van der Waals surface area contributed by atoms with Crippen molar-refractivity contribution in [2.24, 2.45) is 11.8 Å². The molecule has 12 heavy (non-hydrogen) atoms. The normalized spacial score (nSPS) is 15.7. The number of carbonyl (C=O) groups excluding carboxylic acids is 1. The SMILES string of the molecule is CC(C)CC(C=O)C(O)C(=O)O. The van der Waals surface area contributed by atoms with Gasteiger partial charge in [-0.2, -0.15) is 0 Å². The second-order valence-electron chi connectivity index (χ2n) is 3.21. The number of rotatable bonds is 5. The third-order valence-electron chi connectivity index (χ3n) is 1.58. The molecule has 0 saturated carbocycles. The van der Waals surface area contributed by atoms with Gasteiger partial charge in [-0.1, -0.05) is 13.8 Å². The molecule has 0 amide bonds. The first-order valence-corrected chi connectivity index (χ1v) is 3.85. The maximum absolute atomic E-state index is 10.4. The van der Waals surface area contributed by atoms with E-state index in [1.54, 1.807) is 0 Å². The monoisotopic (exact) mass is 174 g/mol. The number of aliphatic hydroxyl groups is 1. The Morgan fingerprint density at radius 3 is 2.25 bits per heavy atom. The van der Waals surface area contributed by atoms with E-state index < -0.39 is 18.0 Å². The quantitative estimate of drug-likeness (QED) is 0.587. The van der Waals surface area contributed by atoms with Crippen LogP contribution in [0.3, 0.4) is 0 Å². The molecular weight excluding hydrogens is 160 g/mol. The van der Waals surface area contributed by atoms with Gasteiger partial charge in [0.15, 0.2) is 6.10 Å². The van der Waals surface area contributed by atoms with Crippen LogP contribution in [0.15, 0.2) is 0 Å². The molecule has 0 heterocycles. The Balaban J connectivity index is 4.14. The summed E-state index contributed by atoms with van der Waals surface area (Å²) in [5.41, 5.74) is 0. The van der Waals surface area contributed by atoms with Gasteiger partial charge in [0.25, 0.3) is 0 Å². The molecule has 0 aromatic carbocycles. The zero-order valence-corrected chi connectivity index (χ0v) is 7.23. The van der Waals surface area contributed by atoms with Crippen molar-refractivity contribution < 1.29 is 19.8 Å². The van der Waals surface area contributed by atoms with Crippen LogP contribution in [0.5, 0.6) is 0 Å². The van der Waals surface area contributed by atoms with Crippen LogP contribution in [0.4, 0.5) is 0 Å². The third kappa shape index (κ3) is 3.48. The van der Waals surface area contributed by atoms with E-state index in [1.165, 1.54) is 0 Å². The summed E-state index contributed by atoms with van der Waals surface area (Å²) < 4.78 is 0. The molecule has 0 aliphatic rings. The molecule has 0 saturated heterocycles. The van der Waals surface area contributed by atoms with Crippen LogP contribution >= 0.6 is 0 Å². The lowest BCUT2D eigenvalue weighted by molar-refractivity contribution is -0.151. The number of hydrogen-bond donors (Lipinski definition) is 2. The molecule has 2 N–H and O–H groups in total. The van der Waals surface area contributed by atoms with Gasteiger partial charge in [-0.3, -0.25) is 0 Å². The van der Waals surface area contributed by atoms with Gasteiger partial charge in [0, 0.05) is 0 Å². The predicted octanol–water partition coefficient (Wildman–Crippen LogP) is 0.293. The Morgan fingerprint density at radius 1 is 1.50 bits per heavy atom. The second-order valence-corrected chi connectivity index (χ2v) is 3.21. The van der Waals surface area contributed by atoms with Crippen molar-refractivity contribution >= 4 is 12.3 Å². The second kappa shape index (κ2) is 4.87. The van der Waals surface area contributed by atoms with Crippen molar-refractivity contribution in [3.8, 4) is 0 Å². The molecule has 2 atom stereocenters. The zero-order chi connectivity index (χ0) is 9.72. The van der Waals surface area contributed by atoms with Crippen LogP contribution in [0.1, 0.15) is 20.3 Å². The van der Waals surface area contributed by atoms with E-state index in [-0.39, 0.29) is 5.92 Å². The zero-order valence-electron chi connectivity index (χ0n) is 7.23. The molecule has 0 radical (unpaired) electrons. The summed E-state index contributed by atoms with van der Waals surface area (Å²) >= 11 is 0. The summed E-state index contributed by atoms with van der Waals surface area (Å²) in [6.45, 7) is 3.73. The minimum absolute atomic E-state index is 0.203. The van der Waals surface area contributed by atoms with Crippen molar-refractivity contribution in [2.45, 2.75) is 26.4 Å². The highest BCUT2D eigenvalue weighted by Gasteiger charge is 2.25. The lowest BCUT2D eigenvalue weighted by Gasteiger charge is -2.15. The number of carboxylic acid groups (broad SMARTS) is 1. The van der Waals surface area contributed by atoms with Crippen molar-refractivity contribution in [3.05, 3.63) is 0 Å². The van der Waals surface area contributed by atoms with Crippen molar-refractivity contribution in [3.63, 3.8) is 0 Å². The van der Waals surface area contributed by atoms with Crippen molar-refractivity contribution in [2.75, 3.05) is 0 Å². The third-order valence-corrected chi connectivity index (χ3v) is 1.58. The first kappa shape index (κ1) is 11.1. The maximum atomic E-state index is 10.4. The largest absolute Gasteiger partial charge is 0.479 e. The number of aliphatic carboxylic acids is 1. The fraction of sp³-hybridized carbons (Fsp3) is 0.750. The van der Waals surface area contributed by atoms with Gasteiger partial charge in [0.2, 0.25) is 0 Å². The highest BCUT2D eigenvalue weighted by Crippen LogP contribution is 2.13. The highest BCUT2D eigenvalue weighted by atomic mass is 16.4. The van der Waals surface area contributed by atoms with Crippen LogP contribution in [0.25, 0.3) is 0 Å². The average Bonchev–Trinajstić information content (AvgIpc) is 1.98. The molecule has 2 unspecified atom stereocenters. The van der Waals surface area contributed by atoms with Gasteiger partial charge in [-0.05, 0) is 12.3 Å². The Morgan fingerprint density at radius 2 is 2.00 bits per heavy atom. The van der Waals surface area contributed by atoms with E-state index in [4.69, 9.17) is 10.2 Å². The molecule has 0 aromatic rings. The van der Waals surface area contributed by atoms with E-state index in [2.05, 4.69) is 0 Å². The van der Waals surface area contributed by atoms with Gasteiger partial charge >= 0.3 is 5.97 Å². The van der Waals surface area contributed by atoms with Crippen LogP contribution in [0.2, 0.25) is 0 Å². The predicted molar refractivity (Wildman–Crippen MR) is 42.7 cm³/mol. The van der Waals surface area contributed by atoms with Gasteiger partial charge < -0.3 is 15.0 Å². The number of aldehydes is 1. The molecule has 0 rings (SSSR count). The van der Waals surface area contributed by atoms with Gasteiger partial charge in [0.05, 0.1) is 5.92 Å². The molecule has 0 aliphatic heterocycles. The molecule has 0 fully saturated rings. The summed E-state index contributed by atoms with van der Waals surface area (Å²) in [5.74, 6) is -1.93. The fourth-order valence-corrected chi connectivity index (χ4v) is 0.986. The summed E-state index contributed by atoms with van der Waals surface area (Å²) in [6.07, 6.45) is -0.666. The van der Waals surface area contributed by atoms with E-state index in [0.29, 0.717) is 12.7 Å². The van der Waals surface area contributed by atoms with E-state index in [0.717, 1.165) is 0 Å². The smallest absolute Gasteiger partial charge is 0.333 e. The number of carboxylic acids is 1. The van der Waals surface area contributed by atoms with Gasteiger partial charge in [0.1, 0.15) is 6.29 Å². The molecule has 0 spiro atoms. The number of carbonyl (C=O) groups is 2. The Hall–Kier alpha value is -0.900. The average molecular weight is 174 g/mol. The summed E-state index contributed by atoms with van der Waals surface area (Å²) in [5, 5.41) is 17.4. The van der Waals surface area contributed by atoms with Gasteiger partial charge in [-0.25, -0.2) is 4.79 Å². The first-order valence-electron chi connectivity index (χ1n) is 3.85. The lowest BCUT2D eigenvalue weighted by Crippen LogP contribution is -2.31. The maximum Gasteiger partial charge on any atom is 0.333 e. The molecule has 0 aliphatic carbocycles. The van der Waals surface area contributed by atoms with E-state index in [1.807, 2.05) is 13.8 Å². The van der Waals surface area contributed by atoms with Crippen LogP contribution in [-0.4, -0.2) is 28.6 Å². The number of aliphatic hydroxyl groups excluding tert-OH is 1. The van der Waals surface area contributed by atoms with Crippen molar-refractivity contribution in [1.29, 1.82) is 0 Å². The minimum Gasteiger partial charge on any atom is -0.479 e. The molecule has 70 valence electrons. The topological polar surface area (TPSA) is 74.6 Å². The highest BCUT2D eigenvalue weighted by molar-refractivity contribution is 5.76. The number of hydrogen-bond acceptors (Lipinski definition) is 3. The lowest BCUT2D eigenvalue weighted by atomic mass is 9.93. The molecular formula is C8H14O4. The Labute approximate surface area is 71.2 Å². The van der Waals surface area contributed by atoms with Gasteiger partial charge in [-0.15, -0.1) is 0 Å². The summed E-state index contributed by atoms with van der Waals surface area (Å²) in [4.78, 5) is 20.6. The first-order chi connectivity index (χ1) is 5.49. The van der Waals surface area contributed by atoms with E-state index >= 15 is 0 Å². The standard InChI is InChI=1S/C8H14O4/c1-5(2)3-6(4-9)7(10)8(11)12/h4-7,10H,3H2,1-2H3,(H,11,12). The molecule has 0 aromatic heterocycles. The van der Waals surface area contributed by atoms with E-state index in [9.17, 15) is 9.59 Å². The Kier molecular flexibility index (Phi) is 4.51. The minimum atomic E-state index is -1.56. The summed E-state index contributed by atoms with van der Waals surface area (Å²) in [6, 6.07) is 0. The summed E-state index contributed by atoms with van der Waals surface area (Å²) in [7, 11) is 0. The van der Waals surface area contributed by atoms with Crippen LogP contribution < -0.4 is 0 Å².